The Morgan fingerprint density at radius 2 is 0.553 bits per heavy atom. The lowest BCUT2D eigenvalue weighted by Crippen LogP contribution is -2.17. The average Bonchev–Trinajstić information content (AvgIpc) is 3.88. The van der Waals surface area contributed by atoms with E-state index in [1.165, 1.54) is 105 Å². The Morgan fingerprint density at radius 3 is 1.00 bits per heavy atom. The van der Waals surface area contributed by atoms with Crippen molar-refractivity contribution < 1.29 is 0 Å². The number of rotatable bonds is 9. The number of nitrogens with zero attached hydrogens (tertiary/aromatic N) is 2. The number of benzene rings is 12. The highest BCUT2D eigenvalue weighted by molar-refractivity contribution is 6.22. The number of hydrogen-bond donors (Lipinski definition) is 0. The zero-order chi connectivity index (χ0) is 51.1. The second-order valence-electron chi connectivity index (χ2n) is 21.7. The van der Waals surface area contributed by atoms with Gasteiger partial charge in [-0.15, -0.1) is 0 Å². The van der Waals surface area contributed by atoms with Crippen LogP contribution in [0.3, 0.4) is 0 Å². The number of anilines is 6. The molecule has 14 rings (SSSR count). The van der Waals surface area contributed by atoms with Crippen molar-refractivity contribution in [3.05, 3.63) is 289 Å². The van der Waals surface area contributed by atoms with E-state index in [1.807, 2.05) is 0 Å². The van der Waals surface area contributed by atoms with Gasteiger partial charge >= 0.3 is 0 Å². The molecule has 0 aromatic heterocycles. The van der Waals surface area contributed by atoms with Crippen LogP contribution in [0, 0.1) is 0 Å². The average molecular weight is 973 g/mol. The fourth-order valence-corrected chi connectivity index (χ4v) is 12.8. The summed E-state index contributed by atoms with van der Waals surface area (Å²) in [5, 5.41) is 4.80. The van der Waals surface area contributed by atoms with Crippen molar-refractivity contribution in [3.63, 3.8) is 0 Å². The lowest BCUT2D eigenvalue weighted by molar-refractivity contribution is 0.660. The third-order valence-electron chi connectivity index (χ3n) is 16.7. The summed E-state index contributed by atoms with van der Waals surface area (Å²) in [4.78, 5) is 4.94. The minimum Gasteiger partial charge on any atom is -0.310 e. The van der Waals surface area contributed by atoms with Crippen LogP contribution in [-0.4, -0.2) is 0 Å². The van der Waals surface area contributed by atoms with Crippen molar-refractivity contribution in [2.45, 2.75) is 38.5 Å². The molecule has 0 saturated heterocycles. The van der Waals surface area contributed by atoms with Crippen molar-refractivity contribution in [3.8, 4) is 55.6 Å². The molecule has 362 valence electrons. The van der Waals surface area contributed by atoms with Gasteiger partial charge in [-0.1, -0.05) is 234 Å². The predicted octanol–water partition coefficient (Wildman–Crippen LogP) is 20.5. The van der Waals surface area contributed by atoms with Crippen LogP contribution < -0.4 is 9.80 Å². The maximum Gasteiger partial charge on any atom is 0.0618 e. The van der Waals surface area contributed by atoms with E-state index in [-0.39, 0.29) is 10.8 Å². The Kier molecular flexibility index (Phi) is 10.6. The molecule has 12 aromatic carbocycles. The normalized spacial score (nSPS) is 13.5. The second-order valence-corrected chi connectivity index (χ2v) is 21.7. The van der Waals surface area contributed by atoms with E-state index in [4.69, 9.17) is 0 Å². The SMILES string of the molecule is CC1(C)c2ccccc2-c2ccc(N(c3ccc(-c4ccccc4)cc3)c3ccc(-c4c5ccccc5c(N(c5ccc(-c6ccccc6)cc5)c5ccc6c(c5)C(C)(C)c5ccccc5-6)c5ccccc45)cc3)cc21. The summed E-state index contributed by atoms with van der Waals surface area (Å²) in [6, 6.07) is 98.9. The highest BCUT2D eigenvalue weighted by atomic mass is 15.1. The molecule has 2 aliphatic rings. The zero-order valence-corrected chi connectivity index (χ0v) is 43.3. The smallest absolute Gasteiger partial charge is 0.0618 e. The fraction of sp³-hybridized carbons (Fsp3) is 0.0811. The molecule has 0 fully saturated rings. The Bertz CT molecular complexity index is 4130. The van der Waals surface area contributed by atoms with E-state index >= 15 is 0 Å². The Balaban J connectivity index is 0.926. The maximum absolute atomic E-state index is 2.52. The lowest BCUT2D eigenvalue weighted by atomic mass is 9.82. The summed E-state index contributed by atoms with van der Waals surface area (Å²) in [6.45, 7) is 9.47. The van der Waals surface area contributed by atoms with Crippen molar-refractivity contribution in [2.75, 3.05) is 9.80 Å². The molecule has 2 aliphatic carbocycles. The first-order chi connectivity index (χ1) is 37.2. The van der Waals surface area contributed by atoms with Crippen LogP contribution in [0.4, 0.5) is 34.1 Å². The minimum absolute atomic E-state index is 0.132. The molecule has 2 heteroatoms. The monoisotopic (exact) mass is 972 g/mol. The largest absolute Gasteiger partial charge is 0.310 e. The van der Waals surface area contributed by atoms with E-state index < -0.39 is 0 Å². The molecule has 76 heavy (non-hydrogen) atoms. The van der Waals surface area contributed by atoms with E-state index in [2.05, 4.69) is 304 Å². The number of hydrogen-bond acceptors (Lipinski definition) is 2. The molecule has 0 heterocycles. The van der Waals surface area contributed by atoms with Crippen LogP contribution >= 0.6 is 0 Å². The Morgan fingerprint density at radius 1 is 0.237 bits per heavy atom. The van der Waals surface area contributed by atoms with Crippen molar-refractivity contribution in [1.82, 2.24) is 0 Å². The molecule has 0 bridgehead atoms. The van der Waals surface area contributed by atoms with Crippen LogP contribution in [-0.2, 0) is 10.8 Å². The third kappa shape index (κ3) is 7.23. The van der Waals surface area contributed by atoms with Gasteiger partial charge in [0.1, 0.15) is 0 Å². The summed E-state index contributed by atoms with van der Waals surface area (Å²) in [5.74, 6) is 0. The fourth-order valence-electron chi connectivity index (χ4n) is 12.8. The van der Waals surface area contributed by atoms with Gasteiger partial charge in [-0.05, 0) is 149 Å². The van der Waals surface area contributed by atoms with Gasteiger partial charge in [0.15, 0.2) is 0 Å². The van der Waals surface area contributed by atoms with Gasteiger partial charge < -0.3 is 9.80 Å². The Labute approximate surface area is 446 Å². The second kappa shape index (κ2) is 17.7. The van der Waals surface area contributed by atoms with Crippen molar-refractivity contribution in [1.29, 1.82) is 0 Å². The molecule has 0 spiro atoms. The van der Waals surface area contributed by atoms with Crippen LogP contribution in [0.2, 0.25) is 0 Å². The van der Waals surface area contributed by atoms with E-state index in [0.717, 1.165) is 28.4 Å². The molecule has 0 radical (unpaired) electrons. The van der Waals surface area contributed by atoms with Gasteiger partial charge in [0.05, 0.1) is 5.69 Å². The van der Waals surface area contributed by atoms with Gasteiger partial charge in [0, 0.05) is 50.0 Å². The number of fused-ring (bicyclic) bond motifs is 8. The molecular formula is C74H56N2. The molecular weight excluding hydrogens is 917 g/mol. The zero-order valence-electron chi connectivity index (χ0n) is 43.3. The van der Waals surface area contributed by atoms with E-state index in [9.17, 15) is 0 Å². The molecule has 0 N–H and O–H groups in total. The van der Waals surface area contributed by atoms with Gasteiger partial charge in [-0.25, -0.2) is 0 Å². The predicted molar refractivity (Wildman–Crippen MR) is 322 cm³/mol. The summed E-state index contributed by atoms with van der Waals surface area (Å²) in [6.07, 6.45) is 0. The summed E-state index contributed by atoms with van der Waals surface area (Å²) in [7, 11) is 0. The molecule has 12 aromatic rings. The minimum atomic E-state index is -0.158. The standard InChI is InChI=1S/C74H56N2/c1-73(2)67-29-17-15-23-59(67)61-45-43-57(47-69(61)73)75(54-37-31-51(32-38-54)49-19-7-5-8-20-49)55-41-35-53(36-42-55)71-63-25-11-13-27-65(63)72(66-28-14-12-26-64(66)71)76(56-39-33-52(34-40-56)50-21-9-6-10-22-50)58-44-46-62-60-24-16-18-30-68(60)74(3,4)70(62)48-58/h5-48H,1-4H3. The first-order valence-electron chi connectivity index (χ1n) is 26.7. The van der Waals surface area contributed by atoms with Crippen molar-refractivity contribution in [2.24, 2.45) is 0 Å². The molecule has 0 aliphatic heterocycles. The van der Waals surface area contributed by atoms with Crippen molar-refractivity contribution >= 4 is 55.7 Å². The quantitative estimate of drug-likeness (QED) is 0.133. The maximum atomic E-state index is 2.52. The van der Waals surface area contributed by atoms with Crippen LogP contribution in [0.15, 0.2) is 267 Å². The first kappa shape index (κ1) is 45.4. The lowest BCUT2D eigenvalue weighted by Gasteiger charge is -2.31. The van der Waals surface area contributed by atoms with Crippen LogP contribution in [0.1, 0.15) is 49.9 Å². The molecule has 0 amide bonds. The highest BCUT2D eigenvalue weighted by Gasteiger charge is 2.37. The first-order valence-corrected chi connectivity index (χ1v) is 26.7. The van der Waals surface area contributed by atoms with Gasteiger partial charge in [0.2, 0.25) is 0 Å². The molecule has 2 nitrogen and oxygen atoms in total. The summed E-state index contributed by atoms with van der Waals surface area (Å²) >= 11 is 0. The third-order valence-corrected chi connectivity index (χ3v) is 16.7. The van der Waals surface area contributed by atoms with Crippen LogP contribution in [0.5, 0.6) is 0 Å². The summed E-state index contributed by atoms with van der Waals surface area (Å²) in [5.41, 5.74) is 24.4. The summed E-state index contributed by atoms with van der Waals surface area (Å²) < 4.78 is 0. The highest BCUT2D eigenvalue weighted by Crippen LogP contribution is 2.54. The van der Waals surface area contributed by atoms with E-state index in [0.29, 0.717) is 0 Å². The van der Waals surface area contributed by atoms with Gasteiger partial charge in [0.25, 0.3) is 0 Å². The molecule has 0 unspecified atom stereocenters. The molecule has 0 atom stereocenters. The topological polar surface area (TPSA) is 6.48 Å². The van der Waals surface area contributed by atoms with Gasteiger partial charge in [-0.3, -0.25) is 0 Å². The van der Waals surface area contributed by atoms with Crippen LogP contribution in [0.25, 0.3) is 77.2 Å². The Hall–Kier alpha value is -9.24. The van der Waals surface area contributed by atoms with E-state index in [1.54, 1.807) is 0 Å². The molecule has 0 saturated carbocycles. The van der Waals surface area contributed by atoms with Gasteiger partial charge in [-0.2, -0.15) is 0 Å².